The fourth-order valence-electron chi connectivity index (χ4n) is 5.09. The fraction of sp³-hybridized carbons (Fsp3) is 0.370. The number of nitrogens with one attached hydrogen (secondary N) is 1. The molecule has 2 amide bonds. The van der Waals surface area contributed by atoms with Crippen LogP contribution in [-0.2, 0) is 22.6 Å². The van der Waals surface area contributed by atoms with E-state index in [4.69, 9.17) is 0 Å². The topological polar surface area (TPSA) is 67.2 Å². The molecule has 2 aliphatic rings. The van der Waals surface area contributed by atoms with E-state index >= 15 is 0 Å². The molecule has 6 nitrogen and oxygen atoms in total. The summed E-state index contributed by atoms with van der Waals surface area (Å²) in [4.78, 5) is 27.7. The minimum atomic E-state index is -0.331. The van der Waals surface area contributed by atoms with E-state index in [2.05, 4.69) is 27.2 Å². The van der Waals surface area contributed by atoms with Crippen LogP contribution in [0.5, 0.6) is 0 Å². The molecule has 2 atom stereocenters. The Morgan fingerprint density at radius 3 is 2.76 bits per heavy atom. The number of aryl methyl sites for hydroxylation is 1. The molecule has 6 heteroatoms. The molecule has 5 rings (SSSR count). The molecule has 3 aromatic rings. The van der Waals surface area contributed by atoms with Crippen molar-refractivity contribution >= 4 is 17.5 Å². The lowest BCUT2D eigenvalue weighted by Crippen LogP contribution is -2.37. The van der Waals surface area contributed by atoms with Gasteiger partial charge < -0.3 is 10.2 Å². The number of carbonyl (C=O) groups is 2. The second-order valence-electron chi connectivity index (χ2n) is 9.27. The van der Waals surface area contributed by atoms with Crippen LogP contribution in [0.3, 0.4) is 0 Å². The van der Waals surface area contributed by atoms with Crippen molar-refractivity contribution in [2.75, 3.05) is 11.4 Å². The first-order chi connectivity index (χ1) is 16.0. The lowest BCUT2D eigenvalue weighted by atomic mass is 9.92. The van der Waals surface area contributed by atoms with Gasteiger partial charge in [0.2, 0.25) is 11.8 Å². The van der Waals surface area contributed by atoms with E-state index < -0.39 is 0 Å². The van der Waals surface area contributed by atoms with Crippen LogP contribution in [0, 0.1) is 19.8 Å². The van der Waals surface area contributed by atoms with Gasteiger partial charge in [0.1, 0.15) is 0 Å². The Labute approximate surface area is 194 Å². The van der Waals surface area contributed by atoms with Crippen molar-refractivity contribution < 1.29 is 9.59 Å². The monoisotopic (exact) mass is 442 g/mol. The largest absolute Gasteiger partial charge is 0.349 e. The van der Waals surface area contributed by atoms with Crippen LogP contribution < -0.4 is 10.2 Å². The number of amides is 2. The van der Waals surface area contributed by atoms with Crippen LogP contribution in [0.25, 0.3) is 0 Å². The summed E-state index contributed by atoms with van der Waals surface area (Å²) in [5, 5.41) is 7.87. The van der Waals surface area contributed by atoms with Gasteiger partial charge in [0.25, 0.3) is 0 Å². The van der Waals surface area contributed by atoms with E-state index in [-0.39, 0.29) is 30.2 Å². The van der Waals surface area contributed by atoms with Crippen molar-refractivity contribution in [1.29, 1.82) is 0 Å². The SMILES string of the molecule is Cc1cccc(N2C[C@@H](C(=O)N[C@H]3CCCc4c3cnn4Cc3ccccc3)CC2=O)c1C. The standard InChI is InChI=1S/C27H30N4O2/c1-18-8-6-12-24(19(18)2)30-17-21(14-26(30)32)27(33)29-23-11-7-13-25-22(23)15-28-31(25)16-20-9-4-3-5-10-20/h3-6,8-10,12,15,21,23H,7,11,13-14,16-17H2,1-2H3,(H,29,33)/t21-,23-/m0/s1. The molecule has 2 heterocycles. The number of anilines is 1. The van der Waals surface area contributed by atoms with E-state index in [1.807, 2.05) is 56.4 Å². The Morgan fingerprint density at radius 2 is 1.94 bits per heavy atom. The molecule has 170 valence electrons. The number of rotatable bonds is 5. The molecule has 0 saturated carbocycles. The maximum atomic E-state index is 13.2. The highest BCUT2D eigenvalue weighted by molar-refractivity contribution is 6.01. The zero-order valence-electron chi connectivity index (χ0n) is 19.3. The lowest BCUT2D eigenvalue weighted by Gasteiger charge is -2.26. The van der Waals surface area contributed by atoms with Gasteiger partial charge in [-0.2, -0.15) is 5.10 Å². The number of nitrogens with zero attached hydrogens (tertiary/aromatic N) is 3. The van der Waals surface area contributed by atoms with Crippen LogP contribution in [0.2, 0.25) is 0 Å². The molecule has 1 saturated heterocycles. The molecular weight excluding hydrogens is 412 g/mol. The predicted octanol–water partition coefficient (Wildman–Crippen LogP) is 4.09. The van der Waals surface area contributed by atoms with Crippen molar-refractivity contribution in [1.82, 2.24) is 15.1 Å². The summed E-state index contributed by atoms with van der Waals surface area (Å²) in [6, 6.07) is 16.2. The number of aromatic nitrogens is 2. The van der Waals surface area contributed by atoms with Gasteiger partial charge in [0.05, 0.1) is 24.7 Å². The Kier molecular flexibility index (Phi) is 5.75. The fourth-order valence-corrected chi connectivity index (χ4v) is 5.09. The van der Waals surface area contributed by atoms with Crippen molar-refractivity contribution in [3.05, 3.63) is 82.7 Å². The lowest BCUT2D eigenvalue weighted by molar-refractivity contribution is -0.127. The quantitative estimate of drug-likeness (QED) is 0.647. The molecule has 1 aliphatic heterocycles. The molecule has 0 unspecified atom stereocenters. The predicted molar refractivity (Wildman–Crippen MR) is 128 cm³/mol. The maximum Gasteiger partial charge on any atom is 0.227 e. The van der Waals surface area contributed by atoms with Gasteiger partial charge in [0, 0.05) is 29.9 Å². The summed E-state index contributed by atoms with van der Waals surface area (Å²) in [6.07, 6.45) is 5.04. The summed E-state index contributed by atoms with van der Waals surface area (Å²) in [6.45, 7) is 5.24. The van der Waals surface area contributed by atoms with Gasteiger partial charge in [-0.05, 0) is 55.9 Å². The van der Waals surface area contributed by atoms with Gasteiger partial charge >= 0.3 is 0 Å². The third-order valence-corrected chi connectivity index (χ3v) is 7.12. The third-order valence-electron chi connectivity index (χ3n) is 7.12. The molecule has 1 N–H and O–H groups in total. The van der Waals surface area contributed by atoms with Gasteiger partial charge in [0.15, 0.2) is 0 Å². The number of fused-ring (bicyclic) bond motifs is 1. The molecule has 1 aliphatic carbocycles. The molecule has 0 spiro atoms. The van der Waals surface area contributed by atoms with E-state index in [9.17, 15) is 9.59 Å². The highest BCUT2D eigenvalue weighted by atomic mass is 16.2. The molecule has 33 heavy (non-hydrogen) atoms. The average molecular weight is 443 g/mol. The van der Waals surface area contributed by atoms with E-state index in [1.165, 1.54) is 11.3 Å². The zero-order valence-corrected chi connectivity index (χ0v) is 19.3. The van der Waals surface area contributed by atoms with Crippen molar-refractivity contribution in [3.8, 4) is 0 Å². The van der Waals surface area contributed by atoms with Gasteiger partial charge in [-0.15, -0.1) is 0 Å². The second kappa shape index (κ2) is 8.85. The first-order valence-electron chi connectivity index (χ1n) is 11.8. The first kappa shape index (κ1) is 21.4. The molecule has 0 radical (unpaired) electrons. The van der Waals surface area contributed by atoms with Crippen LogP contribution >= 0.6 is 0 Å². The van der Waals surface area contributed by atoms with Crippen LogP contribution in [0.15, 0.2) is 54.7 Å². The summed E-state index contributed by atoms with van der Waals surface area (Å²) in [5.74, 6) is -0.351. The summed E-state index contributed by atoms with van der Waals surface area (Å²) in [7, 11) is 0. The molecule has 1 aromatic heterocycles. The number of hydrogen-bond acceptors (Lipinski definition) is 3. The van der Waals surface area contributed by atoms with Crippen LogP contribution in [0.1, 0.15) is 53.3 Å². The number of hydrogen-bond donors (Lipinski definition) is 1. The highest BCUT2D eigenvalue weighted by Crippen LogP contribution is 2.32. The number of benzene rings is 2. The van der Waals surface area contributed by atoms with Crippen LogP contribution in [-0.4, -0.2) is 28.1 Å². The van der Waals surface area contributed by atoms with E-state index in [0.717, 1.165) is 48.2 Å². The van der Waals surface area contributed by atoms with E-state index in [0.29, 0.717) is 6.54 Å². The molecule has 0 bridgehead atoms. The Balaban J connectivity index is 1.29. The average Bonchev–Trinajstić information content (AvgIpc) is 3.41. The Hall–Kier alpha value is -3.41. The van der Waals surface area contributed by atoms with Gasteiger partial charge in [-0.3, -0.25) is 14.3 Å². The molecule has 1 fully saturated rings. The zero-order chi connectivity index (χ0) is 22.9. The van der Waals surface area contributed by atoms with Gasteiger partial charge in [-0.1, -0.05) is 42.5 Å². The maximum absolute atomic E-state index is 13.2. The van der Waals surface area contributed by atoms with Crippen molar-refractivity contribution in [2.24, 2.45) is 5.92 Å². The van der Waals surface area contributed by atoms with E-state index in [1.54, 1.807) is 4.90 Å². The third kappa shape index (κ3) is 4.17. The van der Waals surface area contributed by atoms with Crippen molar-refractivity contribution in [2.45, 2.75) is 52.1 Å². The number of carbonyl (C=O) groups excluding carboxylic acids is 2. The smallest absolute Gasteiger partial charge is 0.227 e. The minimum Gasteiger partial charge on any atom is -0.349 e. The summed E-state index contributed by atoms with van der Waals surface area (Å²) in [5.41, 5.74) is 6.68. The Bertz CT molecular complexity index is 1180. The second-order valence-corrected chi connectivity index (χ2v) is 9.27. The highest BCUT2D eigenvalue weighted by Gasteiger charge is 2.37. The minimum absolute atomic E-state index is 0.0175. The summed E-state index contributed by atoms with van der Waals surface area (Å²) < 4.78 is 2.06. The Morgan fingerprint density at radius 1 is 1.12 bits per heavy atom. The summed E-state index contributed by atoms with van der Waals surface area (Å²) >= 11 is 0. The molecule has 2 aromatic carbocycles. The van der Waals surface area contributed by atoms with Crippen molar-refractivity contribution in [3.63, 3.8) is 0 Å². The first-order valence-corrected chi connectivity index (χ1v) is 11.8. The van der Waals surface area contributed by atoms with Crippen LogP contribution in [0.4, 0.5) is 5.69 Å². The van der Waals surface area contributed by atoms with Gasteiger partial charge in [-0.25, -0.2) is 0 Å². The normalized spacial score (nSPS) is 20.1. The molecular formula is C27H30N4O2.